The van der Waals surface area contributed by atoms with Gasteiger partial charge in [-0.3, -0.25) is 4.79 Å². The highest BCUT2D eigenvalue weighted by Gasteiger charge is 2.38. The molecule has 0 aromatic carbocycles. The molecular formula is C13H22N2O2. The van der Waals surface area contributed by atoms with Crippen LogP contribution in [0.3, 0.4) is 0 Å². The van der Waals surface area contributed by atoms with E-state index >= 15 is 0 Å². The zero-order chi connectivity index (χ0) is 11.8. The molecule has 2 aliphatic carbocycles. The van der Waals surface area contributed by atoms with Crippen LogP contribution in [0.25, 0.3) is 0 Å². The zero-order valence-corrected chi connectivity index (χ0v) is 10.3. The van der Waals surface area contributed by atoms with E-state index in [1.807, 2.05) is 0 Å². The van der Waals surface area contributed by atoms with Gasteiger partial charge in [-0.15, -0.1) is 0 Å². The van der Waals surface area contributed by atoms with Crippen LogP contribution in [0.1, 0.15) is 32.1 Å². The third-order valence-electron chi connectivity index (χ3n) is 4.64. The van der Waals surface area contributed by atoms with Crippen molar-refractivity contribution in [1.29, 1.82) is 0 Å². The molecular weight excluding hydrogens is 216 g/mol. The third kappa shape index (κ3) is 2.47. The molecule has 17 heavy (non-hydrogen) atoms. The van der Waals surface area contributed by atoms with Gasteiger partial charge in [0.05, 0.1) is 5.92 Å². The first-order chi connectivity index (χ1) is 8.24. The molecule has 3 fully saturated rings. The quantitative estimate of drug-likeness (QED) is 0.748. The van der Waals surface area contributed by atoms with E-state index in [1.165, 1.54) is 32.4 Å². The van der Waals surface area contributed by atoms with Gasteiger partial charge in [0, 0.05) is 18.6 Å². The fraction of sp³-hybridized carbons (Fsp3) is 0.923. The Hall–Kier alpha value is -0.610. The number of hydrogen-bond donors (Lipinski definition) is 2. The van der Waals surface area contributed by atoms with Crippen molar-refractivity contribution >= 4 is 5.97 Å². The van der Waals surface area contributed by atoms with Gasteiger partial charge in [-0.1, -0.05) is 0 Å². The summed E-state index contributed by atoms with van der Waals surface area (Å²) in [5, 5.41) is 12.4. The summed E-state index contributed by atoms with van der Waals surface area (Å²) in [7, 11) is 0. The van der Waals surface area contributed by atoms with Crippen molar-refractivity contribution < 1.29 is 9.90 Å². The predicted molar refractivity (Wildman–Crippen MR) is 64.9 cm³/mol. The van der Waals surface area contributed by atoms with E-state index in [2.05, 4.69) is 10.2 Å². The standard InChI is InChI=1S/C13H22N2O2/c16-13(17)11-3-4-12(11)14-7-9-5-6-15(8-9)10-1-2-10/h9-12,14H,1-8H2,(H,16,17). The van der Waals surface area contributed by atoms with Gasteiger partial charge >= 0.3 is 5.97 Å². The van der Waals surface area contributed by atoms with Crippen molar-refractivity contribution in [2.75, 3.05) is 19.6 Å². The van der Waals surface area contributed by atoms with Crippen molar-refractivity contribution in [3.63, 3.8) is 0 Å². The van der Waals surface area contributed by atoms with Crippen molar-refractivity contribution in [2.45, 2.75) is 44.2 Å². The Balaban J connectivity index is 1.38. The molecule has 2 N–H and O–H groups in total. The van der Waals surface area contributed by atoms with E-state index in [1.54, 1.807) is 0 Å². The number of rotatable bonds is 5. The molecule has 3 atom stereocenters. The van der Waals surface area contributed by atoms with Crippen molar-refractivity contribution in [2.24, 2.45) is 11.8 Å². The number of likely N-dealkylation sites (tertiary alicyclic amines) is 1. The number of carboxylic acid groups (broad SMARTS) is 1. The van der Waals surface area contributed by atoms with Crippen LogP contribution in [0.15, 0.2) is 0 Å². The monoisotopic (exact) mass is 238 g/mol. The molecule has 0 aromatic rings. The van der Waals surface area contributed by atoms with Gasteiger partial charge in [-0.25, -0.2) is 0 Å². The van der Waals surface area contributed by atoms with E-state index < -0.39 is 5.97 Å². The third-order valence-corrected chi connectivity index (χ3v) is 4.64. The van der Waals surface area contributed by atoms with E-state index in [-0.39, 0.29) is 12.0 Å². The van der Waals surface area contributed by atoms with Crippen LogP contribution in [0.4, 0.5) is 0 Å². The van der Waals surface area contributed by atoms with Crippen molar-refractivity contribution in [1.82, 2.24) is 10.2 Å². The van der Waals surface area contributed by atoms with Gasteiger partial charge in [0.15, 0.2) is 0 Å². The summed E-state index contributed by atoms with van der Waals surface area (Å²) in [6.45, 7) is 3.49. The number of carboxylic acids is 1. The normalized spacial score (nSPS) is 38.0. The predicted octanol–water partition coefficient (Wildman–Crippen LogP) is 0.923. The minimum absolute atomic E-state index is 0.129. The van der Waals surface area contributed by atoms with Crippen LogP contribution in [-0.4, -0.2) is 47.7 Å². The molecule has 96 valence electrons. The Labute approximate surface area is 102 Å². The highest BCUT2D eigenvalue weighted by molar-refractivity contribution is 5.72. The number of aliphatic carboxylic acids is 1. The fourth-order valence-electron chi connectivity index (χ4n) is 3.16. The minimum atomic E-state index is -0.625. The van der Waals surface area contributed by atoms with Crippen LogP contribution < -0.4 is 5.32 Å². The van der Waals surface area contributed by atoms with Crippen LogP contribution in [-0.2, 0) is 4.79 Å². The topological polar surface area (TPSA) is 52.6 Å². The van der Waals surface area contributed by atoms with Gasteiger partial charge in [0.25, 0.3) is 0 Å². The summed E-state index contributed by atoms with van der Waals surface area (Å²) < 4.78 is 0. The highest BCUT2D eigenvalue weighted by Crippen LogP contribution is 2.32. The van der Waals surface area contributed by atoms with Gasteiger partial charge in [-0.05, 0) is 51.1 Å². The van der Waals surface area contributed by atoms with Crippen molar-refractivity contribution in [3.8, 4) is 0 Å². The molecule has 3 rings (SSSR count). The summed E-state index contributed by atoms with van der Waals surface area (Å²) in [5.74, 6) is -0.0126. The fourth-order valence-corrected chi connectivity index (χ4v) is 3.16. The first kappa shape index (κ1) is 11.5. The number of carbonyl (C=O) groups is 1. The Morgan fingerprint density at radius 3 is 2.65 bits per heavy atom. The maximum absolute atomic E-state index is 10.9. The molecule has 1 saturated heterocycles. The van der Waals surface area contributed by atoms with Crippen LogP contribution in [0.5, 0.6) is 0 Å². The largest absolute Gasteiger partial charge is 0.481 e. The van der Waals surface area contributed by atoms with Gasteiger partial charge in [0.1, 0.15) is 0 Å². The second-order valence-corrected chi connectivity index (χ2v) is 5.92. The molecule has 3 unspecified atom stereocenters. The molecule has 0 bridgehead atoms. The molecule has 2 saturated carbocycles. The Morgan fingerprint density at radius 1 is 1.24 bits per heavy atom. The van der Waals surface area contributed by atoms with E-state index in [4.69, 9.17) is 5.11 Å². The van der Waals surface area contributed by atoms with E-state index in [0.29, 0.717) is 0 Å². The number of nitrogens with one attached hydrogen (secondary N) is 1. The number of nitrogens with zero attached hydrogens (tertiary/aromatic N) is 1. The van der Waals surface area contributed by atoms with Gasteiger partial charge in [0.2, 0.25) is 0 Å². The van der Waals surface area contributed by atoms with Crippen LogP contribution in [0, 0.1) is 11.8 Å². The first-order valence-corrected chi connectivity index (χ1v) is 6.94. The van der Waals surface area contributed by atoms with Gasteiger partial charge < -0.3 is 15.3 Å². The lowest BCUT2D eigenvalue weighted by Gasteiger charge is -2.35. The zero-order valence-electron chi connectivity index (χ0n) is 10.3. The van der Waals surface area contributed by atoms with E-state index in [9.17, 15) is 4.79 Å². The smallest absolute Gasteiger partial charge is 0.308 e. The summed E-state index contributed by atoms with van der Waals surface area (Å²) in [6.07, 6.45) is 5.96. The summed E-state index contributed by atoms with van der Waals surface area (Å²) >= 11 is 0. The Bertz CT molecular complexity index is 304. The lowest BCUT2D eigenvalue weighted by molar-refractivity contribution is -0.146. The maximum atomic E-state index is 10.9. The molecule has 0 aromatic heterocycles. The molecule has 0 radical (unpaired) electrons. The molecule has 4 heteroatoms. The average molecular weight is 238 g/mol. The molecule has 4 nitrogen and oxygen atoms in total. The van der Waals surface area contributed by atoms with Crippen molar-refractivity contribution in [3.05, 3.63) is 0 Å². The lowest BCUT2D eigenvalue weighted by Crippen LogP contribution is -2.49. The Kier molecular flexibility index (Phi) is 3.09. The van der Waals surface area contributed by atoms with Gasteiger partial charge in [-0.2, -0.15) is 0 Å². The molecule has 3 aliphatic rings. The molecule has 0 spiro atoms. The molecule has 0 amide bonds. The number of hydrogen-bond acceptors (Lipinski definition) is 3. The van der Waals surface area contributed by atoms with E-state index in [0.717, 1.165) is 31.3 Å². The second-order valence-electron chi connectivity index (χ2n) is 5.92. The maximum Gasteiger partial charge on any atom is 0.308 e. The molecule has 1 heterocycles. The lowest BCUT2D eigenvalue weighted by atomic mass is 9.79. The summed E-state index contributed by atoms with van der Waals surface area (Å²) in [6, 6.07) is 1.12. The minimum Gasteiger partial charge on any atom is -0.481 e. The highest BCUT2D eigenvalue weighted by atomic mass is 16.4. The average Bonchev–Trinajstić information content (AvgIpc) is 2.97. The summed E-state index contributed by atoms with van der Waals surface area (Å²) in [4.78, 5) is 13.5. The molecule has 1 aliphatic heterocycles. The van der Waals surface area contributed by atoms with Crippen LogP contribution >= 0.6 is 0 Å². The SMILES string of the molecule is O=C(O)C1CCC1NCC1CCN(C2CC2)C1. The summed E-state index contributed by atoms with van der Waals surface area (Å²) in [5.41, 5.74) is 0. The second kappa shape index (κ2) is 4.58. The Morgan fingerprint density at radius 2 is 2.06 bits per heavy atom. The first-order valence-electron chi connectivity index (χ1n) is 6.94. The van der Waals surface area contributed by atoms with Crippen LogP contribution in [0.2, 0.25) is 0 Å².